The second kappa shape index (κ2) is 14.5. The van der Waals surface area contributed by atoms with Gasteiger partial charge < -0.3 is 13.7 Å². The average molecular weight is 832 g/mol. The molecule has 0 N–H and O–H groups in total. The first-order valence-electron chi connectivity index (χ1n) is 22.1. The molecular formula is C60H41N3Si. The van der Waals surface area contributed by atoms with Gasteiger partial charge in [-0.25, -0.2) is 0 Å². The van der Waals surface area contributed by atoms with E-state index in [2.05, 4.69) is 262 Å². The number of benzene rings is 10. The second-order valence-corrected chi connectivity index (χ2v) is 20.7. The SMILES string of the molecule is c1ccc(-n2c3ccccc3c3ccc(-n4c5ccc(-n6c7ccccc7c7ccccc76)cc5c5cc([Si](c6ccccc6)(c6ccccc6)c6ccccc6)ccc54)cc32)cc1. The monoisotopic (exact) mass is 831 g/mol. The molecule has 0 aliphatic carbocycles. The Kier molecular flexibility index (Phi) is 8.23. The Morgan fingerprint density at radius 1 is 0.203 bits per heavy atom. The van der Waals surface area contributed by atoms with Crippen LogP contribution in [0.2, 0.25) is 0 Å². The minimum Gasteiger partial charge on any atom is -0.309 e. The van der Waals surface area contributed by atoms with Gasteiger partial charge in [-0.15, -0.1) is 0 Å². The van der Waals surface area contributed by atoms with Crippen LogP contribution in [0.4, 0.5) is 0 Å². The number of nitrogens with zero attached hydrogens (tertiary/aromatic N) is 3. The van der Waals surface area contributed by atoms with E-state index in [9.17, 15) is 0 Å². The third-order valence-electron chi connectivity index (χ3n) is 13.6. The van der Waals surface area contributed by atoms with Gasteiger partial charge >= 0.3 is 0 Å². The number of hydrogen-bond donors (Lipinski definition) is 0. The van der Waals surface area contributed by atoms with E-state index in [1.54, 1.807) is 0 Å². The summed E-state index contributed by atoms with van der Waals surface area (Å²) in [6.07, 6.45) is 0. The maximum atomic E-state index is 2.54. The summed E-state index contributed by atoms with van der Waals surface area (Å²) in [5.74, 6) is 0. The van der Waals surface area contributed by atoms with Gasteiger partial charge in [-0.1, -0.05) is 182 Å². The van der Waals surface area contributed by atoms with E-state index < -0.39 is 8.07 Å². The molecule has 64 heavy (non-hydrogen) atoms. The van der Waals surface area contributed by atoms with Crippen LogP contribution in [0.25, 0.3) is 82.5 Å². The summed E-state index contributed by atoms with van der Waals surface area (Å²) in [4.78, 5) is 0. The van der Waals surface area contributed by atoms with E-state index in [4.69, 9.17) is 0 Å². The first kappa shape index (κ1) is 36.5. The molecule has 0 aliphatic rings. The van der Waals surface area contributed by atoms with Crippen LogP contribution in [0.15, 0.2) is 249 Å². The van der Waals surface area contributed by atoms with Crippen LogP contribution in [0.3, 0.4) is 0 Å². The van der Waals surface area contributed by atoms with Crippen molar-refractivity contribution in [2.24, 2.45) is 0 Å². The zero-order chi connectivity index (χ0) is 42.2. The van der Waals surface area contributed by atoms with Crippen LogP contribution in [-0.2, 0) is 0 Å². The summed E-state index contributed by atoms with van der Waals surface area (Å²) in [6, 6.07) is 92.4. The van der Waals surface area contributed by atoms with Crippen LogP contribution in [0.1, 0.15) is 0 Å². The maximum Gasteiger partial charge on any atom is 0.179 e. The fourth-order valence-corrected chi connectivity index (χ4v) is 15.7. The lowest BCUT2D eigenvalue weighted by Gasteiger charge is -2.34. The van der Waals surface area contributed by atoms with Gasteiger partial charge in [-0.3, -0.25) is 0 Å². The van der Waals surface area contributed by atoms with Crippen molar-refractivity contribution in [3.63, 3.8) is 0 Å². The lowest BCUT2D eigenvalue weighted by atomic mass is 10.1. The van der Waals surface area contributed by atoms with Gasteiger partial charge in [0.15, 0.2) is 8.07 Å². The largest absolute Gasteiger partial charge is 0.309 e. The molecule has 0 unspecified atom stereocenters. The zero-order valence-corrected chi connectivity index (χ0v) is 36.0. The predicted molar refractivity (Wildman–Crippen MR) is 273 cm³/mol. The van der Waals surface area contributed by atoms with Crippen LogP contribution in [-0.4, -0.2) is 21.8 Å². The van der Waals surface area contributed by atoms with E-state index in [1.807, 2.05) is 0 Å². The summed E-state index contributed by atoms with van der Waals surface area (Å²) in [5.41, 5.74) is 10.6. The van der Waals surface area contributed by atoms with Crippen molar-refractivity contribution in [2.75, 3.05) is 0 Å². The fourth-order valence-electron chi connectivity index (χ4n) is 10.9. The van der Waals surface area contributed by atoms with E-state index in [0.717, 1.165) is 17.1 Å². The van der Waals surface area contributed by atoms with Crippen LogP contribution >= 0.6 is 0 Å². The molecule has 0 saturated carbocycles. The fraction of sp³-hybridized carbons (Fsp3) is 0. The molecule has 3 aromatic heterocycles. The Hall–Kier alpha value is -8.18. The highest BCUT2D eigenvalue weighted by Gasteiger charge is 2.41. The second-order valence-electron chi connectivity index (χ2n) is 16.9. The summed E-state index contributed by atoms with van der Waals surface area (Å²) in [6.45, 7) is 0. The van der Waals surface area contributed by atoms with Crippen molar-refractivity contribution >= 4 is 94.2 Å². The summed E-state index contributed by atoms with van der Waals surface area (Å²) in [7, 11) is -2.83. The topological polar surface area (TPSA) is 14.8 Å². The highest BCUT2D eigenvalue weighted by atomic mass is 28.3. The van der Waals surface area contributed by atoms with Crippen molar-refractivity contribution in [2.45, 2.75) is 0 Å². The lowest BCUT2D eigenvalue weighted by Crippen LogP contribution is -2.74. The Morgan fingerprint density at radius 2 is 0.562 bits per heavy atom. The van der Waals surface area contributed by atoms with Crippen molar-refractivity contribution < 1.29 is 0 Å². The van der Waals surface area contributed by atoms with Crippen molar-refractivity contribution in [1.29, 1.82) is 0 Å². The number of para-hydroxylation sites is 4. The van der Waals surface area contributed by atoms with Crippen LogP contribution in [0, 0.1) is 0 Å². The molecule has 0 radical (unpaired) electrons. The Labute approximate surface area is 372 Å². The van der Waals surface area contributed by atoms with E-state index in [0.29, 0.717) is 0 Å². The van der Waals surface area contributed by atoms with Gasteiger partial charge in [0.2, 0.25) is 0 Å². The molecule has 0 amide bonds. The standard InChI is InChI=1S/C60H41N3Si/c1-5-19-42(20-6-1)61-55-30-16-15-29-51(55)52-36-33-44(40-60(52)61)63-58-37-34-43(62-56-31-17-13-27-49(56)50-28-14-18-32-57(50)62)39-53(58)54-41-48(35-38-59(54)63)64(45-21-7-2-8-22-45,46-23-9-3-10-24-46)47-25-11-4-12-26-47/h1-41H. The average Bonchev–Trinajstić information content (AvgIpc) is 4.00. The smallest absolute Gasteiger partial charge is 0.179 e. The number of fused-ring (bicyclic) bond motifs is 9. The molecule has 13 rings (SSSR count). The molecule has 300 valence electrons. The van der Waals surface area contributed by atoms with Crippen LogP contribution in [0.5, 0.6) is 0 Å². The van der Waals surface area contributed by atoms with Gasteiger partial charge in [-0.05, 0) is 87.5 Å². The van der Waals surface area contributed by atoms with Gasteiger partial charge in [-0.2, -0.15) is 0 Å². The Balaban J connectivity index is 1.14. The predicted octanol–water partition coefficient (Wildman–Crippen LogP) is 12.4. The summed E-state index contributed by atoms with van der Waals surface area (Å²) in [5, 5.41) is 12.9. The van der Waals surface area contributed by atoms with Crippen molar-refractivity contribution in [3.05, 3.63) is 249 Å². The molecule has 0 atom stereocenters. The number of rotatable bonds is 7. The Bertz CT molecular complexity index is 3730. The molecule has 0 bridgehead atoms. The molecule has 0 spiro atoms. The van der Waals surface area contributed by atoms with Gasteiger partial charge in [0.25, 0.3) is 0 Å². The third kappa shape index (κ3) is 5.33. The zero-order valence-electron chi connectivity index (χ0n) is 35.0. The number of hydrogen-bond acceptors (Lipinski definition) is 0. The molecule has 0 fully saturated rings. The molecule has 0 saturated heterocycles. The molecule has 4 heteroatoms. The lowest BCUT2D eigenvalue weighted by molar-refractivity contribution is 1.15. The van der Waals surface area contributed by atoms with Crippen molar-refractivity contribution in [3.8, 4) is 17.1 Å². The first-order valence-corrected chi connectivity index (χ1v) is 24.1. The first-order chi connectivity index (χ1) is 31.8. The molecular weight excluding hydrogens is 791 g/mol. The molecule has 3 heterocycles. The van der Waals surface area contributed by atoms with Gasteiger partial charge in [0, 0.05) is 49.4 Å². The maximum absolute atomic E-state index is 2.83. The molecule has 10 aromatic carbocycles. The summed E-state index contributed by atoms with van der Waals surface area (Å²) >= 11 is 0. The Morgan fingerprint density at radius 3 is 1.08 bits per heavy atom. The third-order valence-corrected chi connectivity index (χ3v) is 18.3. The van der Waals surface area contributed by atoms with Gasteiger partial charge in [0.1, 0.15) is 0 Å². The highest BCUT2D eigenvalue weighted by Crippen LogP contribution is 2.39. The van der Waals surface area contributed by atoms with E-state index in [-0.39, 0.29) is 0 Å². The molecule has 0 aliphatic heterocycles. The normalized spacial score (nSPS) is 12.1. The summed E-state index contributed by atoms with van der Waals surface area (Å²) < 4.78 is 7.35. The quantitative estimate of drug-likeness (QED) is 0.112. The molecule has 3 nitrogen and oxygen atoms in total. The van der Waals surface area contributed by atoms with Crippen LogP contribution < -0.4 is 20.7 Å². The van der Waals surface area contributed by atoms with Gasteiger partial charge in [0.05, 0.1) is 33.1 Å². The molecule has 13 aromatic rings. The minimum absolute atomic E-state index is 1.13. The minimum atomic E-state index is -2.83. The van der Waals surface area contributed by atoms with E-state index >= 15 is 0 Å². The number of aromatic nitrogens is 3. The van der Waals surface area contributed by atoms with E-state index in [1.165, 1.54) is 86.2 Å². The highest BCUT2D eigenvalue weighted by molar-refractivity contribution is 7.20. The van der Waals surface area contributed by atoms with Crippen molar-refractivity contribution in [1.82, 2.24) is 13.7 Å².